The molecule has 1 aliphatic carbocycles. The van der Waals surface area contributed by atoms with E-state index in [-0.39, 0.29) is 11.8 Å². The van der Waals surface area contributed by atoms with Crippen molar-refractivity contribution in [3.05, 3.63) is 47.8 Å². The first-order valence-corrected chi connectivity index (χ1v) is 8.91. The zero-order valence-corrected chi connectivity index (χ0v) is 14.3. The molecule has 0 spiro atoms. The van der Waals surface area contributed by atoms with Gasteiger partial charge in [0.05, 0.1) is 0 Å². The van der Waals surface area contributed by atoms with Crippen LogP contribution in [0.4, 0.5) is 5.69 Å². The number of nitrogens with zero attached hydrogens (tertiary/aromatic N) is 3. The number of para-hydroxylation sites is 1. The molecule has 0 unspecified atom stereocenters. The molecule has 6 heteroatoms. The van der Waals surface area contributed by atoms with Gasteiger partial charge in [-0.15, -0.1) is 0 Å². The molecule has 1 aromatic carbocycles. The van der Waals surface area contributed by atoms with E-state index in [0.29, 0.717) is 31.1 Å². The van der Waals surface area contributed by atoms with Gasteiger partial charge < -0.3 is 9.80 Å². The molecule has 6 nitrogen and oxygen atoms in total. The van der Waals surface area contributed by atoms with Crippen LogP contribution in [0.2, 0.25) is 0 Å². The molecule has 1 saturated heterocycles. The Kier molecular flexibility index (Phi) is 4.03. The highest BCUT2D eigenvalue weighted by Gasteiger charge is 2.39. The van der Waals surface area contributed by atoms with Crippen LogP contribution in [0.5, 0.6) is 0 Å². The first-order valence-electron chi connectivity index (χ1n) is 8.91. The molecule has 130 valence electrons. The van der Waals surface area contributed by atoms with Crippen LogP contribution >= 0.6 is 0 Å². The second-order valence-corrected chi connectivity index (χ2v) is 6.70. The summed E-state index contributed by atoms with van der Waals surface area (Å²) in [6.07, 6.45) is 2.95. The molecule has 2 heterocycles. The number of amides is 2. The van der Waals surface area contributed by atoms with Gasteiger partial charge in [-0.3, -0.25) is 14.7 Å². The molecule has 2 amide bonds. The third kappa shape index (κ3) is 2.92. The Morgan fingerprint density at radius 1 is 1.28 bits per heavy atom. The quantitative estimate of drug-likeness (QED) is 0.911. The smallest absolute Gasteiger partial charge is 0.275 e. The minimum absolute atomic E-state index is 0.0145. The van der Waals surface area contributed by atoms with Crippen molar-refractivity contribution in [3.63, 3.8) is 0 Å². The van der Waals surface area contributed by atoms with Crippen LogP contribution in [-0.4, -0.2) is 46.0 Å². The highest BCUT2D eigenvalue weighted by atomic mass is 16.2. The Labute approximate surface area is 146 Å². The summed E-state index contributed by atoms with van der Waals surface area (Å²) < 4.78 is 0. The van der Waals surface area contributed by atoms with Gasteiger partial charge in [0, 0.05) is 30.4 Å². The van der Waals surface area contributed by atoms with E-state index in [2.05, 4.69) is 10.2 Å². The number of likely N-dealkylation sites (N-methyl/N-ethyl adjacent to an activating group) is 1. The van der Waals surface area contributed by atoms with Crippen LogP contribution in [0.1, 0.15) is 48.3 Å². The lowest BCUT2D eigenvalue weighted by molar-refractivity contribution is -0.120. The van der Waals surface area contributed by atoms with Gasteiger partial charge in [-0.2, -0.15) is 5.10 Å². The fraction of sp³-hybridized carbons (Fsp3) is 0.421. The third-order valence-electron chi connectivity index (χ3n) is 5.06. The van der Waals surface area contributed by atoms with Gasteiger partial charge in [0.2, 0.25) is 5.91 Å². The first kappa shape index (κ1) is 15.9. The van der Waals surface area contributed by atoms with Crippen LogP contribution in [-0.2, 0) is 4.79 Å². The van der Waals surface area contributed by atoms with E-state index >= 15 is 0 Å². The van der Waals surface area contributed by atoms with Gasteiger partial charge in [-0.25, -0.2) is 0 Å². The maximum atomic E-state index is 12.9. The Bertz CT molecular complexity index is 782. The van der Waals surface area contributed by atoms with Crippen molar-refractivity contribution >= 4 is 17.5 Å². The number of aromatic amines is 1. The predicted octanol–water partition coefficient (Wildman–Crippen LogP) is 2.55. The summed E-state index contributed by atoms with van der Waals surface area (Å²) in [7, 11) is 0. The number of carbonyl (C=O) groups excluding carboxylic acids is 2. The number of anilines is 1. The summed E-state index contributed by atoms with van der Waals surface area (Å²) in [5, 5.41) is 7.15. The number of rotatable bonds is 5. The zero-order valence-electron chi connectivity index (χ0n) is 14.3. The third-order valence-corrected chi connectivity index (χ3v) is 5.06. The summed E-state index contributed by atoms with van der Waals surface area (Å²) in [5.41, 5.74) is 2.33. The summed E-state index contributed by atoms with van der Waals surface area (Å²) in [6.45, 7) is 3.03. The number of H-pyrrole nitrogens is 1. The van der Waals surface area contributed by atoms with Gasteiger partial charge in [0.25, 0.3) is 5.91 Å². The standard InChI is InChI=1S/C19H22N4O2/c1-2-22(18(24)16-12-15(20-21-16)13-8-9-13)17-10-11-23(19(17)25)14-6-4-3-5-7-14/h3-7,12-13,17H,2,8-11H2,1H3,(H,20,21)/t17-/m1/s1. The topological polar surface area (TPSA) is 69.3 Å². The lowest BCUT2D eigenvalue weighted by atomic mass is 10.2. The fourth-order valence-corrected chi connectivity index (χ4v) is 3.52. The van der Waals surface area contributed by atoms with Crippen LogP contribution in [0.25, 0.3) is 0 Å². The van der Waals surface area contributed by atoms with Gasteiger partial charge in [0.1, 0.15) is 11.7 Å². The molecule has 4 rings (SSSR count). The summed E-state index contributed by atoms with van der Waals surface area (Å²) in [4.78, 5) is 29.2. The first-order chi connectivity index (χ1) is 12.2. The van der Waals surface area contributed by atoms with Crippen molar-refractivity contribution < 1.29 is 9.59 Å². The molecule has 1 N–H and O–H groups in total. The molecule has 1 aromatic heterocycles. The highest BCUT2D eigenvalue weighted by molar-refractivity contribution is 6.03. The number of carbonyl (C=O) groups is 2. The van der Waals surface area contributed by atoms with Crippen molar-refractivity contribution in [1.82, 2.24) is 15.1 Å². The largest absolute Gasteiger partial charge is 0.325 e. The molecule has 2 aromatic rings. The van der Waals surface area contributed by atoms with Crippen molar-refractivity contribution in [3.8, 4) is 0 Å². The summed E-state index contributed by atoms with van der Waals surface area (Å²) in [5.74, 6) is 0.337. The van der Waals surface area contributed by atoms with Crippen molar-refractivity contribution in [2.75, 3.05) is 18.0 Å². The predicted molar refractivity (Wildman–Crippen MR) is 94.5 cm³/mol. The summed E-state index contributed by atoms with van der Waals surface area (Å²) >= 11 is 0. The Morgan fingerprint density at radius 2 is 2.04 bits per heavy atom. The maximum Gasteiger partial charge on any atom is 0.275 e. The number of nitrogens with one attached hydrogen (secondary N) is 1. The molecular weight excluding hydrogens is 316 g/mol. The SMILES string of the molecule is CCN(C(=O)c1cc(C2CC2)[nH]n1)[C@@H]1CCN(c2ccccc2)C1=O. The van der Waals surface area contributed by atoms with Gasteiger partial charge in [-0.1, -0.05) is 18.2 Å². The molecule has 1 saturated carbocycles. The van der Waals surface area contributed by atoms with Crippen molar-refractivity contribution in [2.45, 2.75) is 38.1 Å². The fourth-order valence-electron chi connectivity index (χ4n) is 3.52. The molecule has 0 radical (unpaired) electrons. The molecule has 1 atom stereocenters. The zero-order chi connectivity index (χ0) is 17.4. The van der Waals surface area contributed by atoms with Crippen LogP contribution < -0.4 is 4.90 Å². The second-order valence-electron chi connectivity index (χ2n) is 6.70. The van der Waals surface area contributed by atoms with E-state index in [0.717, 1.165) is 24.2 Å². The lowest BCUT2D eigenvalue weighted by Gasteiger charge is -2.26. The Hall–Kier alpha value is -2.63. The maximum absolute atomic E-state index is 12.9. The average Bonchev–Trinajstić information content (AvgIpc) is 3.25. The van der Waals surface area contributed by atoms with Crippen molar-refractivity contribution in [2.24, 2.45) is 0 Å². The number of aromatic nitrogens is 2. The molecule has 2 aliphatic rings. The number of hydrogen-bond acceptors (Lipinski definition) is 3. The van der Waals surface area contributed by atoms with Crippen LogP contribution in [0.3, 0.4) is 0 Å². The molecule has 2 fully saturated rings. The second kappa shape index (κ2) is 6.35. The number of hydrogen-bond donors (Lipinski definition) is 1. The minimum atomic E-state index is -0.418. The van der Waals surface area contributed by atoms with Crippen molar-refractivity contribution in [1.29, 1.82) is 0 Å². The monoisotopic (exact) mass is 338 g/mol. The van der Waals surface area contributed by atoms with E-state index < -0.39 is 6.04 Å². The van der Waals surface area contributed by atoms with Gasteiger partial charge in [0.15, 0.2) is 0 Å². The number of benzene rings is 1. The normalized spacial score (nSPS) is 20.1. The molecule has 1 aliphatic heterocycles. The van der Waals surface area contributed by atoms with E-state index in [1.54, 1.807) is 9.80 Å². The van der Waals surface area contributed by atoms with E-state index in [1.807, 2.05) is 43.3 Å². The molecular formula is C19H22N4O2. The van der Waals surface area contributed by atoms with E-state index in [9.17, 15) is 9.59 Å². The van der Waals surface area contributed by atoms with E-state index in [4.69, 9.17) is 0 Å². The average molecular weight is 338 g/mol. The molecule has 25 heavy (non-hydrogen) atoms. The van der Waals surface area contributed by atoms with Gasteiger partial charge in [-0.05, 0) is 44.4 Å². The Morgan fingerprint density at radius 3 is 2.72 bits per heavy atom. The van der Waals surface area contributed by atoms with Gasteiger partial charge >= 0.3 is 0 Å². The lowest BCUT2D eigenvalue weighted by Crippen LogP contribution is -2.45. The summed E-state index contributed by atoms with van der Waals surface area (Å²) in [6, 6.07) is 11.0. The van der Waals surface area contributed by atoms with E-state index in [1.165, 1.54) is 0 Å². The molecule has 0 bridgehead atoms. The highest BCUT2D eigenvalue weighted by Crippen LogP contribution is 2.39. The van der Waals surface area contributed by atoms with Crippen LogP contribution in [0.15, 0.2) is 36.4 Å². The Balaban J connectivity index is 1.52. The minimum Gasteiger partial charge on any atom is -0.325 e. The van der Waals surface area contributed by atoms with Crippen LogP contribution in [0, 0.1) is 0 Å².